The lowest BCUT2D eigenvalue weighted by Gasteiger charge is -2.20. The average Bonchev–Trinajstić information content (AvgIpc) is 2.63. The first-order valence-electron chi connectivity index (χ1n) is 5.58. The van der Waals surface area contributed by atoms with Gasteiger partial charge in [0.25, 0.3) is 0 Å². The van der Waals surface area contributed by atoms with Crippen molar-refractivity contribution in [3.8, 4) is 0 Å². The number of aryl methyl sites for hydroxylation is 1. The molecular formula is C12H17N3OS. The normalized spacial score (nSPS) is 12.0. The maximum Gasteiger partial charge on any atom is 0.226 e. The maximum absolute atomic E-state index is 11.8. The molecule has 0 saturated heterocycles. The van der Waals surface area contributed by atoms with E-state index in [9.17, 15) is 4.79 Å². The van der Waals surface area contributed by atoms with Crippen molar-refractivity contribution in [3.05, 3.63) is 23.0 Å². The van der Waals surface area contributed by atoms with E-state index in [0.29, 0.717) is 6.42 Å². The number of nitrogens with one attached hydrogen (secondary N) is 1. The fourth-order valence-corrected chi connectivity index (χ4v) is 2.61. The van der Waals surface area contributed by atoms with Crippen molar-refractivity contribution in [1.82, 2.24) is 14.7 Å². The molecule has 0 aliphatic heterocycles. The van der Waals surface area contributed by atoms with Crippen molar-refractivity contribution >= 4 is 22.2 Å². The third-order valence-corrected chi connectivity index (χ3v) is 3.15. The third-order valence-electron chi connectivity index (χ3n) is 2.26. The Bertz CT molecular complexity index is 548. The first kappa shape index (κ1) is 12.1. The molecule has 2 aromatic rings. The summed E-state index contributed by atoms with van der Waals surface area (Å²) >= 11 is 1.57. The monoisotopic (exact) mass is 251 g/mol. The average molecular weight is 251 g/mol. The number of fused-ring (bicyclic) bond motifs is 1. The molecule has 1 N–H and O–H groups in total. The van der Waals surface area contributed by atoms with Crippen LogP contribution in [0.25, 0.3) is 4.96 Å². The molecule has 0 fully saturated rings. The zero-order valence-electron chi connectivity index (χ0n) is 10.6. The molecule has 1 amide bonds. The molecule has 92 valence electrons. The van der Waals surface area contributed by atoms with Crippen LogP contribution < -0.4 is 5.32 Å². The van der Waals surface area contributed by atoms with Gasteiger partial charge in [0, 0.05) is 22.8 Å². The highest BCUT2D eigenvalue weighted by atomic mass is 32.1. The van der Waals surface area contributed by atoms with Crippen molar-refractivity contribution in [3.63, 3.8) is 0 Å². The number of carbonyl (C=O) groups excluding carboxylic acids is 1. The lowest BCUT2D eigenvalue weighted by molar-refractivity contribution is -0.121. The van der Waals surface area contributed by atoms with Crippen LogP contribution in [-0.4, -0.2) is 20.8 Å². The standard InChI is InChI=1S/C12H17N3OS/c1-8-6-15-9(7-17-11(15)13-8)5-10(16)14-12(2,3)4/h6-7H,5H2,1-4H3,(H,14,16). The van der Waals surface area contributed by atoms with E-state index in [1.807, 2.05) is 43.7 Å². The van der Waals surface area contributed by atoms with Crippen molar-refractivity contribution in [2.75, 3.05) is 0 Å². The molecule has 17 heavy (non-hydrogen) atoms. The summed E-state index contributed by atoms with van der Waals surface area (Å²) in [6, 6.07) is 0. The highest BCUT2D eigenvalue weighted by molar-refractivity contribution is 7.15. The van der Waals surface area contributed by atoms with Crippen LogP contribution in [0.4, 0.5) is 0 Å². The number of thiazole rings is 1. The highest BCUT2D eigenvalue weighted by Gasteiger charge is 2.16. The number of hydrogen-bond acceptors (Lipinski definition) is 3. The van der Waals surface area contributed by atoms with Crippen LogP contribution in [0.5, 0.6) is 0 Å². The van der Waals surface area contributed by atoms with Crippen molar-refractivity contribution in [2.45, 2.75) is 39.7 Å². The Morgan fingerprint density at radius 3 is 2.88 bits per heavy atom. The van der Waals surface area contributed by atoms with Crippen LogP contribution in [0.1, 0.15) is 32.2 Å². The summed E-state index contributed by atoms with van der Waals surface area (Å²) in [7, 11) is 0. The number of imidazole rings is 1. The zero-order valence-corrected chi connectivity index (χ0v) is 11.4. The molecular weight excluding hydrogens is 234 g/mol. The zero-order chi connectivity index (χ0) is 12.6. The van der Waals surface area contributed by atoms with Crippen molar-refractivity contribution < 1.29 is 4.79 Å². The van der Waals surface area contributed by atoms with E-state index in [-0.39, 0.29) is 11.4 Å². The Labute approximate surface area is 105 Å². The van der Waals surface area contributed by atoms with Crippen LogP contribution in [0.15, 0.2) is 11.6 Å². The van der Waals surface area contributed by atoms with Gasteiger partial charge in [0.15, 0.2) is 4.96 Å². The van der Waals surface area contributed by atoms with Gasteiger partial charge in [-0.25, -0.2) is 4.98 Å². The van der Waals surface area contributed by atoms with Gasteiger partial charge in [-0.3, -0.25) is 9.20 Å². The van der Waals surface area contributed by atoms with Crippen LogP contribution in [0.2, 0.25) is 0 Å². The minimum Gasteiger partial charge on any atom is -0.351 e. The Hall–Kier alpha value is -1.36. The molecule has 0 spiro atoms. The number of aromatic nitrogens is 2. The molecule has 0 bridgehead atoms. The molecule has 0 atom stereocenters. The minimum atomic E-state index is -0.183. The summed E-state index contributed by atoms with van der Waals surface area (Å²) in [6.07, 6.45) is 2.36. The maximum atomic E-state index is 11.8. The van der Waals surface area contributed by atoms with E-state index >= 15 is 0 Å². The number of carbonyl (C=O) groups is 1. The fraction of sp³-hybridized carbons (Fsp3) is 0.500. The predicted molar refractivity (Wildman–Crippen MR) is 69.4 cm³/mol. The molecule has 0 saturated carbocycles. The van der Waals surface area contributed by atoms with Gasteiger partial charge in [0.05, 0.1) is 12.1 Å². The second-order valence-corrected chi connectivity index (χ2v) is 6.07. The number of hydrogen-bond donors (Lipinski definition) is 1. The summed E-state index contributed by atoms with van der Waals surface area (Å²) in [5.41, 5.74) is 1.79. The fourth-order valence-electron chi connectivity index (χ4n) is 1.70. The van der Waals surface area contributed by atoms with Gasteiger partial charge in [-0.05, 0) is 27.7 Å². The number of nitrogens with zero attached hydrogens (tertiary/aromatic N) is 2. The summed E-state index contributed by atoms with van der Waals surface area (Å²) < 4.78 is 1.99. The molecule has 2 rings (SSSR count). The number of rotatable bonds is 2. The molecule has 0 radical (unpaired) electrons. The lowest BCUT2D eigenvalue weighted by Crippen LogP contribution is -2.41. The molecule has 5 heteroatoms. The Kier molecular flexibility index (Phi) is 2.95. The van der Waals surface area contributed by atoms with Crippen LogP contribution in [0.3, 0.4) is 0 Å². The Balaban J connectivity index is 2.15. The Morgan fingerprint density at radius 2 is 2.24 bits per heavy atom. The Morgan fingerprint density at radius 1 is 1.53 bits per heavy atom. The van der Waals surface area contributed by atoms with Crippen molar-refractivity contribution in [2.24, 2.45) is 0 Å². The molecule has 0 aliphatic rings. The van der Waals surface area contributed by atoms with Gasteiger partial charge < -0.3 is 5.32 Å². The smallest absolute Gasteiger partial charge is 0.226 e. The second-order valence-electron chi connectivity index (χ2n) is 5.24. The molecule has 0 aromatic carbocycles. The van der Waals surface area contributed by atoms with E-state index < -0.39 is 0 Å². The lowest BCUT2D eigenvalue weighted by atomic mass is 10.1. The molecule has 2 aromatic heterocycles. The van der Waals surface area contributed by atoms with Crippen LogP contribution in [-0.2, 0) is 11.2 Å². The molecule has 4 nitrogen and oxygen atoms in total. The molecule has 2 heterocycles. The summed E-state index contributed by atoms with van der Waals surface area (Å²) in [6.45, 7) is 7.90. The molecule has 0 unspecified atom stereocenters. The summed E-state index contributed by atoms with van der Waals surface area (Å²) in [5, 5.41) is 4.95. The van der Waals surface area contributed by atoms with Gasteiger partial charge in [-0.2, -0.15) is 0 Å². The van der Waals surface area contributed by atoms with E-state index in [4.69, 9.17) is 0 Å². The SMILES string of the molecule is Cc1cn2c(CC(=O)NC(C)(C)C)csc2n1. The van der Waals surface area contributed by atoms with Crippen LogP contribution >= 0.6 is 11.3 Å². The first-order valence-corrected chi connectivity index (χ1v) is 6.46. The molecule has 0 aliphatic carbocycles. The quantitative estimate of drug-likeness (QED) is 0.889. The highest BCUT2D eigenvalue weighted by Crippen LogP contribution is 2.17. The van der Waals surface area contributed by atoms with E-state index in [1.54, 1.807) is 11.3 Å². The summed E-state index contributed by atoms with van der Waals surface area (Å²) in [4.78, 5) is 17.1. The summed E-state index contributed by atoms with van der Waals surface area (Å²) in [5.74, 6) is 0.0450. The van der Waals surface area contributed by atoms with E-state index in [0.717, 1.165) is 16.3 Å². The second kappa shape index (κ2) is 4.14. The van der Waals surface area contributed by atoms with Gasteiger partial charge in [0.2, 0.25) is 5.91 Å². The van der Waals surface area contributed by atoms with Gasteiger partial charge >= 0.3 is 0 Å². The largest absolute Gasteiger partial charge is 0.351 e. The van der Waals surface area contributed by atoms with Gasteiger partial charge in [-0.15, -0.1) is 11.3 Å². The van der Waals surface area contributed by atoms with Gasteiger partial charge in [0.1, 0.15) is 0 Å². The topological polar surface area (TPSA) is 46.4 Å². The minimum absolute atomic E-state index is 0.0450. The van der Waals surface area contributed by atoms with E-state index in [1.165, 1.54) is 0 Å². The van der Waals surface area contributed by atoms with E-state index in [2.05, 4.69) is 10.3 Å². The van der Waals surface area contributed by atoms with Gasteiger partial charge in [-0.1, -0.05) is 0 Å². The first-order chi connectivity index (χ1) is 7.85. The number of amides is 1. The van der Waals surface area contributed by atoms with Crippen molar-refractivity contribution in [1.29, 1.82) is 0 Å². The predicted octanol–water partition coefficient (Wildman–Crippen LogP) is 2.16. The van der Waals surface area contributed by atoms with Crippen LogP contribution in [0, 0.1) is 6.92 Å². The third kappa shape index (κ3) is 2.85.